The van der Waals surface area contributed by atoms with Gasteiger partial charge >= 0.3 is 0 Å². The first-order chi connectivity index (χ1) is 11.7. The molecule has 0 radical (unpaired) electrons. The maximum absolute atomic E-state index is 4.67. The predicted molar refractivity (Wildman–Crippen MR) is 116 cm³/mol. The molecule has 0 spiro atoms. The lowest BCUT2D eigenvalue weighted by Gasteiger charge is -2.19. The minimum Gasteiger partial charge on any atom is -0.357 e. The molecule has 2 rings (SSSR count). The molecule has 2 N–H and O–H groups in total. The number of guanidine groups is 1. The number of aromatic nitrogens is 3. The van der Waals surface area contributed by atoms with E-state index < -0.39 is 0 Å². The lowest BCUT2D eigenvalue weighted by atomic mass is 10.1. The van der Waals surface area contributed by atoms with E-state index in [1.54, 1.807) is 12.7 Å². The molecule has 0 bridgehead atoms. The molecule has 1 heterocycles. The first-order valence-corrected chi connectivity index (χ1v) is 9.11. The highest BCUT2D eigenvalue weighted by molar-refractivity contribution is 14.0. The Morgan fingerprint density at radius 3 is 2.64 bits per heavy atom. The van der Waals surface area contributed by atoms with Crippen molar-refractivity contribution < 1.29 is 0 Å². The highest BCUT2D eigenvalue weighted by atomic mass is 127. The molecular weight excluding hydrogens is 495 g/mol. The Hall–Kier alpha value is -1.16. The van der Waals surface area contributed by atoms with Crippen molar-refractivity contribution in [1.29, 1.82) is 0 Å². The molecule has 1 unspecified atom stereocenters. The molecule has 1 aromatic carbocycles. The van der Waals surface area contributed by atoms with Gasteiger partial charge in [-0.2, -0.15) is 0 Å². The summed E-state index contributed by atoms with van der Waals surface area (Å²) >= 11 is 3.61. The summed E-state index contributed by atoms with van der Waals surface area (Å²) in [7, 11) is 0. The number of halogens is 2. The molecule has 0 aliphatic carbocycles. The van der Waals surface area contributed by atoms with Crippen LogP contribution in [0.3, 0.4) is 0 Å². The van der Waals surface area contributed by atoms with Gasteiger partial charge in [-0.25, -0.2) is 0 Å². The van der Waals surface area contributed by atoms with Gasteiger partial charge in [0.2, 0.25) is 0 Å². The molecule has 1 aromatic heterocycles. The van der Waals surface area contributed by atoms with Gasteiger partial charge in [0.1, 0.15) is 12.7 Å². The summed E-state index contributed by atoms with van der Waals surface area (Å²) in [5, 5.41) is 14.4. The molecule has 0 aliphatic rings. The average Bonchev–Trinajstić information content (AvgIpc) is 3.08. The number of nitrogens with one attached hydrogen (secondary N) is 2. The van der Waals surface area contributed by atoms with E-state index >= 15 is 0 Å². The van der Waals surface area contributed by atoms with Crippen molar-refractivity contribution >= 4 is 45.9 Å². The van der Waals surface area contributed by atoms with Gasteiger partial charge in [-0.15, -0.1) is 34.2 Å². The molecular formula is C17H26BrIN6. The standard InChI is InChI=1S/C17H25BrN6.HI/c1-3-19-17(20-10-6-7-11-24-12-21-22-13-24)23-14(2)15-8-4-5-9-16(15)18;/h4-5,8-9,12-14H,3,6-7,10-11H2,1-2H3,(H2,19,20,23);1H. The third kappa shape index (κ3) is 7.72. The zero-order chi connectivity index (χ0) is 17.2. The first-order valence-electron chi connectivity index (χ1n) is 8.32. The number of hydrogen-bond acceptors (Lipinski definition) is 3. The largest absolute Gasteiger partial charge is 0.357 e. The van der Waals surface area contributed by atoms with Crippen LogP contribution in [0.25, 0.3) is 0 Å². The Kier molecular flexibility index (Phi) is 10.7. The Bertz CT molecular complexity index is 632. The van der Waals surface area contributed by atoms with Crippen LogP contribution in [0, 0.1) is 0 Å². The van der Waals surface area contributed by atoms with E-state index in [2.05, 4.69) is 67.7 Å². The van der Waals surface area contributed by atoms with Gasteiger partial charge in [-0.3, -0.25) is 4.99 Å². The molecule has 0 fully saturated rings. The van der Waals surface area contributed by atoms with Crippen molar-refractivity contribution in [2.45, 2.75) is 39.3 Å². The van der Waals surface area contributed by atoms with Crippen molar-refractivity contribution in [3.8, 4) is 0 Å². The number of aryl methyl sites for hydroxylation is 1. The fraction of sp³-hybridized carbons (Fsp3) is 0.471. The lowest BCUT2D eigenvalue weighted by molar-refractivity contribution is 0.609. The maximum Gasteiger partial charge on any atom is 0.191 e. The van der Waals surface area contributed by atoms with Gasteiger partial charge in [0.25, 0.3) is 0 Å². The minimum atomic E-state index is 0. The van der Waals surface area contributed by atoms with Crippen LogP contribution in [0.15, 0.2) is 46.4 Å². The Balaban J connectivity index is 0.00000312. The maximum atomic E-state index is 4.67. The number of benzene rings is 1. The van der Waals surface area contributed by atoms with Crippen LogP contribution in [0.1, 0.15) is 38.3 Å². The molecule has 2 aromatic rings. The number of rotatable bonds is 8. The van der Waals surface area contributed by atoms with E-state index in [9.17, 15) is 0 Å². The van der Waals surface area contributed by atoms with Crippen LogP contribution in [0.2, 0.25) is 0 Å². The second kappa shape index (κ2) is 12.2. The molecule has 0 saturated carbocycles. The third-order valence-corrected chi connectivity index (χ3v) is 4.35. The van der Waals surface area contributed by atoms with Gasteiger partial charge in [-0.1, -0.05) is 34.1 Å². The Labute approximate surface area is 175 Å². The van der Waals surface area contributed by atoms with E-state index in [0.29, 0.717) is 0 Å². The SMILES string of the molecule is CCNC(=NCCCCn1cnnc1)NC(C)c1ccccc1Br.I. The van der Waals surface area contributed by atoms with Crippen LogP contribution in [0.4, 0.5) is 0 Å². The van der Waals surface area contributed by atoms with E-state index in [1.165, 1.54) is 5.56 Å². The molecule has 138 valence electrons. The first kappa shape index (κ1) is 21.9. The molecule has 1 atom stereocenters. The Morgan fingerprint density at radius 1 is 1.24 bits per heavy atom. The number of nitrogens with zero attached hydrogens (tertiary/aromatic N) is 4. The van der Waals surface area contributed by atoms with E-state index in [-0.39, 0.29) is 30.0 Å². The summed E-state index contributed by atoms with van der Waals surface area (Å²) in [5.74, 6) is 0.852. The summed E-state index contributed by atoms with van der Waals surface area (Å²) in [6.07, 6.45) is 5.57. The van der Waals surface area contributed by atoms with Crippen molar-refractivity contribution in [3.63, 3.8) is 0 Å². The number of unbranched alkanes of at least 4 members (excludes halogenated alkanes) is 1. The van der Waals surface area contributed by atoms with E-state index in [4.69, 9.17) is 0 Å². The van der Waals surface area contributed by atoms with Crippen molar-refractivity contribution in [2.24, 2.45) is 4.99 Å². The zero-order valence-corrected chi connectivity index (χ0v) is 18.6. The minimum absolute atomic E-state index is 0. The fourth-order valence-corrected chi connectivity index (χ4v) is 2.99. The van der Waals surface area contributed by atoms with Gasteiger partial charge < -0.3 is 15.2 Å². The summed E-state index contributed by atoms with van der Waals surface area (Å²) in [5.41, 5.74) is 1.22. The second-order valence-corrected chi connectivity index (χ2v) is 6.41. The fourth-order valence-electron chi connectivity index (χ4n) is 2.36. The molecule has 6 nitrogen and oxygen atoms in total. The van der Waals surface area contributed by atoms with Gasteiger partial charge in [0, 0.05) is 24.1 Å². The molecule has 0 saturated heterocycles. The van der Waals surface area contributed by atoms with Gasteiger partial charge in [0.15, 0.2) is 5.96 Å². The Morgan fingerprint density at radius 2 is 1.96 bits per heavy atom. The van der Waals surface area contributed by atoms with Crippen molar-refractivity contribution in [1.82, 2.24) is 25.4 Å². The smallest absolute Gasteiger partial charge is 0.191 e. The number of hydrogen-bond donors (Lipinski definition) is 2. The molecule has 8 heteroatoms. The van der Waals surface area contributed by atoms with Gasteiger partial charge in [0.05, 0.1) is 6.04 Å². The quantitative estimate of drug-likeness (QED) is 0.241. The summed E-state index contributed by atoms with van der Waals surface area (Å²) < 4.78 is 3.09. The topological polar surface area (TPSA) is 67.1 Å². The van der Waals surface area contributed by atoms with Crippen molar-refractivity contribution in [2.75, 3.05) is 13.1 Å². The van der Waals surface area contributed by atoms with Crippen LogP contribution >= 0.6 is 39.9 Å². The molecule has 0 aliphatic heterocycles. The average molecular weight is 521 g/mol. The molecule has 25 heavy (non-hydrogen) atoms. The van der Waals surface area contributed by atoms with E-state index in [0.717, 1.165) is 42.9 Å². The summed E-state index contributed by atoms with van der Waals surface area (Å²) in [6.45, 7) is 6.78. The van der Waals surface area contributed by atoms with Crippen LogP contribution in [0.5, 0.6) is 0 Å². The van der Waals surface area contributed by atoms with Crippen LogP contribution in [-0.4, -0.2) is 33.8 Å². The molecule has 0 amide bonds. The van der Waals surface area contributed by atoms with Gasteiger partial charge in [-0.05, 0) is 38.3 Å². The van der Waals surface area contributed by atoms with Crippen molar-refractivity contribution in [3.05, 3.63) is 47.0 Å². The third-order valence-electron chi connectivity index (χ3n) is 3.63. The summed E-state index contributed by atoms with van der Waals surface area (Å²) in [6, 6.07) is 8.42. The van der Waals surface area contributed by atoms with E-state index in [1.807, 2.05) is 16.7 Å². The highest BCUT2D eigenvalue weighted by Crippen LogP contribution is 2.22. The predicted octanol–water partition coefficient (Wildman–Crippen LogP) is 3.76. The highest BCUT2D eigenvalue weighted by Gasteiger charge is 2.10. The van der Waals surface area contributed by atoms with Crippen LogP contribution < -0.4 is 10.6 Å². The normalized spacial score (nSPS) is 12.4. The zero-order valence-electron chi connectivity index (χ0n) is 14.7. The summed E-state index contributed by atoms with van der Waals surface area (Å²) in [4.78, 5) is 4.67. The van der Waals surface area contributed by atoms with Crippen LogP contribution in [-0.2, 0) is 6.54 Å². The number of aliphatic imine (C=N–C) groups is 1. The monoisotopic (exact) mass is 520 g/mol. The lowest BCUT2D eigenvalue weighted by Crippen LogP contribution is -2.38. The second-order valence-electron chi connectivity index (χ2n) is 5.56.